The molecule has 6 heteroatoms. The number of carboxylic acids is 1. The van der Waals surface area contributed by atoms with Crippen molar-refractivity contribution in [1.82, 2.24) is 4.98 Å². The molecule has 0 spiro atoms. The van der Waals surface area contributed by atoms with Crippen LogP contribution in [0.4, 0.5) is 5.69 Å². The number of carboxylic acid groups (broad SMARTS) is 1. The van der Waals surface area contributed by atoms with E-state index in [-0.39, 0.29) is 17.1 Å². The molecule has 0 unspecified atom stereocenters. The van der Waals surface area contributed by atoms with Gasteiger partial charge in [0.25, 0.3) is 5.91 Å². The van der Waals surface area contributed by atoms with Crippen LogP contribution in [0.25, 0.3) is 0 Å². The Hall–Kier alpha value is -2.63. The van der Waals surface area contributed by atoms with Gasteiger partial charge in [-0.1, -0.05) is 0 Å². The summed E-state index contributed by atoms with van der Waals surface area (Å²) in [7, 11) is 0. The number of aromatic nitrogens is 1. The number of aromatic carboxylic acids is 1. The van der Waals surface area contributed by atoms with E-state index < -0.39 is 11.9 Å². The topological polar surface area (TPSA) is 92.4 Å². The van der Waals surface area contributed by atoms with E-state index >= 15 is 0 Å². The molecule has 2 aromatic heterocycles. The molecule has 0 bridgehead atoms. The number of hydrogen-bond donors (Lipinski definition) is 2. The Balaban J connectivity index is 2.28. The predicted octanol–water partition coefficient (Wildman–Crippen LogP) is 1.93. The van der Waals surface area contributed by atoms with Crippen molar-refractivity contribution in [3.8, 4) is 0 Å². The maximum atomic E-state index is 11.8. The van der Waals surface area contributed by atoms with E-state index in [1.165, 1.54) is 24.6 Å². The number of amides is 1. The average molecular weight is 246 g/mol. The standard InChI is InChI=1S/C12H10N2O4/c1-7-4-6-18-10(7)11(15)14-8-3-2-5-13-9(8)12(16)17/h2-6H,1H3,(H,14,15)(H,16,17). The number of nitrogens with one attached hydrogen (secondary N) is 1. The molecule has 0 atom stereocenters. The summed E-state index contributed by atoms with van der Waals surface area (Å²) in [6.45, 7) is 1.72. The van der Waals surface area contributed by atoms with Crippen molar-refractivity contribution in [3.05, 3.63) is 47.7 Å². The van der Waals surface area contributed by atoms with Gasteiger partial charge in [-0.25, -0.2) is 9.78 Å². The van der Waals surface area contributed by atoms with Gasteiger partial charge in [0.05, 0.1) is 12.0 Å². The molecular weight excluding hydrogens is 236 g/mol. The highest BCUT2D eigenvalue weighted by molar-refractivity contribution is 6.06. The van der Waals surface area contributed by atoms with Gasteiger partial charge in [0.1, 0.15) is 0 Å². The third-order valence-corrected chi connectivity index (χ3v) is 2.33. The first-order chi connectivity index (χ1) is 8.59. The molecule has 0 fully saturated rings. The number of carbonyl (C=O) groups is 2. The number of furan rings is 1. The Labute approximate surface area is 102 Å². The second-order valence-corrected chi connectivity index (χ2v) is 3.59. The molecule has 1 amide bonds. The summed E-state index contributed by atoms with van der Waals surface area (Å²) < 4.78 is 5.02. The fraction of sp³-hybridized carbons (Fsp3) is 0.0833. The van der Waals surface area contributed by atoms with Crippen LogP contribution >= 0.6 is 0 Å². The molecule has 2 heterocycles. The van der Waals surface area contributed by atoms with Crippen LogP contribution in [0.1, 0.15) is 26.6 Å². The minimum absolute atomic E-state index is 0.130. The normalized spacial score (nSPS) is 10.1. The van der Waals surface area contributed by atoms with Crippen molar-refractivity contribution in [1.29, 1.82) is 0 Å². The molecule has 0 saturated carbocycles. The van der Waals surface area contributed by atoms with Gasteiger partial charge in [-0.2, -0.15) is 0 Å². The van der Waals surface area contributed by atoms with Crippen LogP contribution in [0.2, 0.25) is 0 Å². The molecule has 0 aliphatic carbocycles. The minimum atomic E-state index is -1.21. The lowest BCUT2D eigenvalue weighted by atomic mass is 10.2. The van der Waals surface area contributed by atoms with E-state index in [1.54, 1.807) is 13.0 Å². The Bertz CT molecular complexity index is 604. The smallest absolute Gasteiger partial charge is 0.356 e. The summed E-state index contributed by atoms with van der Waals surface area (Å²) in [4.78, 5) is 26.5. The quantitative estimate of drug-likeness (QED) is 0.863. The molecule has 0 aromatic carbocycles. The molecular formula is C12H10N2O4. The molecule has 2 aromatic rings. The summed E-state index contributed by atoms with van der Waals surface area (Å²) in [5.41, 5.74) is 0.592. The third-order valence-electron chi connectivity index (χ3n) is 2.33. The van der Waals surface area contributed by atoms with Gasteiger partial charge < -0.3 is 14.8 Å². The van der Waals surface area contributed by atoms with E-state index in [0.717, 1.165) is 0 Å². The Kier molecular flexibility index (Phi) is 3.09. The van der Waals surface area contributed by atoms with Crippen molar-refractivity contribution in [2.45, 2.75) is 6.92 Å². The number of aryl methyl sites for hydroxylation is 1. The fourth-order valence-electron chi connectivity index (χ4n) is 1.46. The van der Waals surface area contributed by atoms with Crippen molar-refractivity contribution in [3.63, 3.8) is 0 Å². The molecule has 0 aliphatic heterocycles. The highest BCUT2D eigenvalue weighted by Crippen LogP contribution is 2.15. The van der Waals surface area contributed by atoms with Crippen LogP contribution in [0.15, 0.2) is 35.1 Å². The van der Waals surface area contributed by atoms with E-state index in [0.29, 0.717) is 5.56 Å². The molecule has 2 N–H and O–H groups in total. The molecule has 92 valence electrons. The third kappa shape index (κ3) is 2.22. The van der Waals surface area contributed by atoms with Gasteiger partial charge in [0.2, 0.25) is 0 Å². The number of carbonyl (C=O) groups excluding carboxylic acids is 1. The first kappa shape index (κ1) is 11.8. The van der Waals surface area contributed by atoms with E-state index in [9.17, 15) is 9.59 Å². The Morgan fingerprint density at radius 2 is 2.17 bits per heavy atom. The van der Waals surface area contributed by atoms with Crippen LogP contribution in [0.3, 0.4) is 0 Å². The van der Waals surface area contributed by atoms with Crippen LogP contribution in [0, 0.1) is 6.92 Å². The lowest BCUT2D eigenvalue weighted by Gasteiger charge is -2.06. The molecule has 0 radical (unpaired) electrons. The van der Waals surface area contributed by atoms with Crippen molar-refractivity contribution in [2.24, 2.45) is 0 Å². The Morgan fingerprint density at radius 1 is 1.39 bits per heavy atom. The zero-order chi connectivity index (χ0) is 13.1. The number of nitrogens with zero attached hydrogens (tertiary/aromatic N) is 1. The van der Waals surface area contributed by atoms with E-state index in [2.05, 4.69) is 10.3 Å². The second-order valence-electron chi connectivity index (χ2n) is 3.59. The maximum Gasteiger partial charge on any atom is 0.356 e. The number of hydrogen-bond acceptors (Lipinski definition) is 4. The predicted molar refractivity (Wildman–Crippen MR) is 62.6 cm³/mol. The van der Waals surface area contributed by atoms with Gasteiger partial charge in [0.15, 0.2) is 11.5 Å². The number of pyridine rings is 1. The summed E-state index contributed by atoms with van der Waals surface area (Å²) in [5, 5.41) is 11.4. The highest BCUT2D eigenvalue weighted by atomic mass is 16.4. The Morgan fingerprint density at radius 3 is 2.78 bits per heavy atom. The summed E-state index contributed by atoms with van der Waals surface area (Å²) in [5.74, 6) is -1.56. The number of rotatable bonds is 3. The zero-order valence-electron chi connectivity index (χ0n) is 9.51. The zero-order valence-corrected chi connectivity index (χ0v) is 9.51. The summed E-state index contributed by atoms with van der Waals surface area (Å²) in [6, 6.07) is 4.65. The van der Waals surface area contributed by atoms with Crippen molar-refractivity contribution in [2.75, 3.05) is 5.32 Å². The van der Waals surface area contributed by atoms with Gasteiger partial charge in [-0.15, -0.1) is 0 Å². The van der Waals surface area contributed by atoms with Gasteiger partial charge in [-0.05, 0) is 25.1 Å². The second kappa shape index (κ2) is 4.70. The SMILES string of the molecule is Cc1ccoc1C(=O)Nc1cccnc1C(=O)O. The van der Waals surface area contributed by atoms with Crippen molar-refractivity contribution >= 4 is 17.6 Å². The van der Waals surface area contributed by atoms with Gasteiger partial charge in [0, 0.05) is 11.8 Å². The van der Waals surface area contributed by atoms with Gasteiger partial charge in [-0.3, -0.25) is 4.79 Å². The maximum absolute atomic E-state index is 11.8. The minimum Gasteiger partial charge on any atom is -0.476 e. The van der Waals surface area contributed by atoms with Gasteiger partial charge >= 0.3 is 5.97 Å². The van der Waals surface area contributed by atoms with E-state index in [1.807, 2.05) is 0 Å². The lowest BCUT2D eigenvalue weighted by Crippen LogP contribution is -2.15. The average Bonchev–Trinajstić information content (AvgIpc) is 2.76. The number of anilines is 1. The molecule has 0 saturated heterocycles. The monoisotopic (exact) mass is 246 g/mol. The highest BCUT2D eigenvalue weighted by Gasteiger charge is 2.17. The van der Waals surface area contributed by atoms with Crippen LogP contribution in [-0.4, -0.2) is 22.0 Å². The van der Waals surface area contributed by atoms with Crippen LogP contribution < -0.4 is 5.32 Å². The molecule has 6 nitrogen and oxygen atoms in total. The summed E-state index contributed by atoms with van der Waals surface area (Å²) in [6.07, 6.45) is 2.74. The van der Waals surface area contributed by atoms with Crippen LogP contribution in [-0.2, 0) is 0 Å². The molecule has 18 heavy (non-hydrogen) atoms. The molecule has 0 aliphatic rings. The lowest BCUT2D eigenvalue weighted by molar-refractivity contribution is 0.0691. The summed E-state index contributed by atoms with van der Waals surface area (Å²) >= 11 is 0. The van der Waals surface area contributed by atoms with E-state index in [4.69, 9.17) is 9.52 Å². The largest absolute Gasteiger partial charge is 0.476 e. The molecule has 2 rings (SSSR count). The fourth-order valence-corrected chi connectivity index (χ4v) is 1.46. The first-order valence-corrected chi connectivity index (χ1v) is 5.13. The van der Waals surface area contributed by atoms with Crippen LogP contribution in [0.5, 0.6) is 0 Å². The first-order valence-electron chi connectivity index (χ1n) is 5.13. The van der Waals surface area contributed by atoms with Crippen molar-refractivity contribution < 1.29 is 19.1 Å².